The predicted octanol–water partition coefficient (Wildman–Crippen LogP) is 7.84. The summed E-state index contributed by atoms with van der Waals surface area (Å²) in [6, 6.07) is 20.0. The standard InChI is InChI=1S/C34H33N3O4S2/c1-4-41-34(39)31-25-7-5-6-8-29(25)43-33(31)37-30(38)17-18-42-32-27(20-35)26(22-11-9-21(2)10-12-22)19-28(36-32)23-13-15-24(40-3)16-14-23/h9-16,19H,4-8,17-18H2,1-3H3,(H,37,38). The first-order valence-electron chi connectivity index (χ1n) is 14.3. The number of aryl methyl sites for hydroxylation is 2. The van der Waals surface area contributed by atoms with Crippen LogP contribution in [-0.4, -0.2) is 36.3 Å². The van der Waals surface area contributed by atoms with Gasteiger partial charge in [0.2, 0.25) is 5.91 Å². The average Bonchev–Trinajstić information content (AvgIpc) is 3.39. The zero-order chi connectivity index (χ0) is 30.3. The lowest BCUT2D eigenvalue weighted by molar-refractivity contribution is -0.115. The second-order valence-corrected chi connectivity index (χ2v) is 12.4. The number of ether oxygens (including phenoxy) is 2. The first-order chi connectivity index (χ1) is 20.9. The minimum absolute atomic E-state index is 0.189. The van der Waals surface area contributed by atoms with Gasteiger partial charge in [-0.15, -0.1) is 23.1 Å². The highest BCUT2D eigenvalue weighted by atomic mass is 32.2. The van der Waals surface area contributed by atoms with Crippen molar-refractivity contribution in [2.24, 2.45) is 0 Å². The molecule has 0 spiro atoms. The smallest absolute Gasteiger partial charge is 0.341 e. The first-order valence-corrected chi connectivity index (χ1v) is 16.1. The van der Waals surface area contributed by atoms with Crippen LogP contribution in [0, 0.1) is 18.3 Å². The zero-order valence-corrected chi connectivity index (χ0v) is 26.1. The number of esters is 1. The molecule has 4 aromatic rings. The molecule has 1 N–H and O–H groups in total. The third kappa shape index (κ3) is 6.93. The summed E-state index contributed by atoms with van der Waals surface area (Å²) < 4.78 is 10.6. The molecule has 0 radical (unpaired) electrons. The van der Waals surface area contributed by atoms with Crippen molar-refractivity contribution < 1.29 is 19.1 Å². The summed E-state index contributed by atoms with van der Waals surface area (Å²) in [5, 5.41) is 14.3. The molecule has 1 amide bonds. The Kier molecular flexibility index (Phi) is 9.80. The van der Waals surface area contributed by atoms with Gasteiger partial charge < -0.3 is 14.8 Å². The van der Waals surface area contributed by atoms with E-state index < -0.39 is 0 Å². The lowest BCUT2D eigenvalue weighted by Crippen LogP contribution is -2.16. The molecule has 2 aromatic carbocycles. The number of nitrogens with one attached hydrogen (secondary N) is 1. The van der Waals surface area contributed by atoms with E-state index in [0.29, 0.717) is 26.9 Å². The molecule has 43 heavy (non-hydrogen) atoms. The van der Waals surface area contributed by atoms with Crippen LogP contribution in [0.25, 0.3) is 22.4 Å². The Balaban J connectivity index is 1.38. The van der Waals surface area contributed by atoms with E-state index in [1.54, 1.807) is 14.0 Å². The molecule has 0 unspecified atom stereocenters. The second kappa shape index (κ2) is 13.9. The van der Waals surface area contributed by atoms with Crippen molar-refractivity contribution in [2.75, 3.05) is 24.8 Å². The maximum atomic E-state index is 13.1. The Morgan fingerprint density at radius 1 is 1.07 bits per heavy atom. The molecule has 1 aliphatic carbocycles. The molecule has 5 rings (SSSR count). The highest BCUT2D eigenvalue weighted by Gasteiger charge is 2.27. The van der Waals surface area contributed by atoms with Crippen LogP contribution in [0.3, 0.4) is 0 Å². The Hall–Kier alpha value is -4.13. The molecule has 2 heterocycles. The number of thioether (sulfide) groups is 1. The molecule has 7 nitrogen and oxygen atoms in total. The van der Waals surface area contributed by atoms with E-state index in [1.165, 1.54) is 23.1 Å². The normalized spacial score (nSPS) is 12.2. The summed E-state index contributed by atoms with van der Waals surface area (Å²) >= 11 is 2.86. The summed E-state index contributed by atoms with van der Waals surface area (Å²) in [7, 11) is 1.62. The van der Waals surface area contributed by atoms with Crippen LogP contribution >= 0.6 is 23.1 Å². The number of thiophene rings is 1. The van der Waals surface area contributed by atoms with Gasteiger partial charge in [0.15, 0.2) is 0 Å². The predicted molar refractivity (Wildman–Crippen MR) is 172 cm³/mol. The molecule has 220 valence electrons. The summed E-state index contributed by atoms with van der Waals surface area (Å²) in [5.41, 5.74) is 6.46. The monoisotopic (exact) mass is 611 g/mol. The maximum absolute atomic E-state index is 13.1. The highest BCUT2D eigenvalue weighted by molar-refractivity contribution is 7.99. The van der Waals surface area contributed by atoms with Crippen molar-refractivity contribution in [3.05, 3.63) is 81.7 Å². The van der Waals surface area contributed by atoms with E-state index in [0.717, 1.165) is 69.8 Å². The van der Waals surface area contributed by atoms with Gasteiger partial charge in [-0.05, 0) is 81.0 Å². The Labute approximate surface area is 260 Å². The third-order valence-corrected chi connectivity index (χ3v) is 9.50. The molecular formula is C34H33N3O4S2. The van der Waals surface area contributed by atoms with E-state index in [-0.39, 0.29) is 24.9 Å². The number of carbonyl (C=O) groups excluding carboxylic acids is 2. The molecule has 0 atom stereocenters. The third-order valence-electron chi connectivity index (χ3n) is 7.32. The van der Waals surface area contributed by atoms with Gasteiger partial charge in [-0.1, -0.05) is 29.8 Å². The molecule has 0 saturated heterocycles. The van der Waals surface area contributed by atoms with Crippen LogP contribution in [0.4, 0.5) is 5.00 Å². The van der Waals surface area contributed by atoms with Crippen LogP contribution in [0.2, 0.25) is 0 Å². The molecule has 0 saturated carbocycles. The molecule has 0 fully saturated rings. The largest absolute Gasteiger partial charge is 0.497 e. The molecule has 2 aromatic heterocycles. The minimum atomic E-state index is -0.381. The van der Waals surface area contributed by atoms with Gasteiger partial charge in [0, 0.05) is 28.2 Å². The van der Waals surface area contributed by atoms with Gasteiger partial charge >= 0.3 is 5.97 Å². The fourth-order valence-corrected chi connectivity index (χ4v) is 7.34. The van der Waals surface area contributed by atoms with Gasteiger partial charge in [-0.25, -0.2) is 9.78 Å². The number of nitrogens with zero attached hydrogens (tertiary/aromatic N) is 2. The van der Waals surface area contributed by atoms with Crippen LogP contribution in [0.1, 0.15) is 58.1 Å². The number of nitriles is 1. The fraction of sp³-hybridized carbons (Fsp3) is 0.294. The zero-order valence-electron chi connectivity index (χ0n) is 24.5. The average molecular weight is 612 g/mol. The van der Waals surface area contributed by atoms with Crippen molar-refractivity contribution in [2.45, 2.75) is 51.0 Å². The van der Waals surface area contributed by atoms with Crippen molar-refractivity contribution in [3.63, 3.8) is 0 Å². The molecule has 0 aliphatic heterocycles. The van der Waals surface area contributed by atoms with Crippen LogP contribution in [0.5, 0.6) is 5.75 Å². The highest BCUT2D eigenvalue weighted by Crippen LogP contribution is 2.39. The topological polar surface area (TPSA) is 101 Å². The summed E-state index contributed by atoms with van der Waals surface area (Å²) in [6.45, 7) is 4.09. The van der Waals surface area contributed by atoms with E-state index in [2.05, 4.69) is 11.4 Å². The van der Waals surface area contributed by atoms with Crippen molar-refractivity contribution >= 4 is 40.0 Å². The van der Waals surface area contributed by atoms with Gasteiger partial charge in [-0.2, -0.15) is 5.26 Å². The van der Waals surface area contributed by atoms with Gasteiger partial charge in [0.25, 0.3) is 0 Å². The lowest BCUT2D eigenvalue weighted by atomic mass is 9.95. The fourth-order valence-electron chi connectivity index (χ4n) is 5.11. The van der Waals surface area contributed by atoms with E-state index in [4.69, 9.17) is 14.5 Å². The summed E-state index contributed by atoms with van der Waals surface area (Å²) in [4.78, 5) is 31.9. The molecule has 0 bridgehead atoms. The Bertz CT molecular complexity index is 1670. The number of aromatic nitrogens is 1. The number of hydrogen-bond donors (Lipinski definition) is 1. The number of fused-ring (bicyclic) bond motifs is 1. The summed E-state index contributed by atoms with van der Waals surface area (Å²) in [6.07, 6.45) is 4.02. The van der Waals surface area contributed by atoms with Crippen molar-refractivity contribution in [1.29, 1.82) is 5.26 Å². The molecular weight excluding hydrogens is 579 g/mol. The minimum Gasteiger partial charge on any atom is -0.497 e. The van der Waals surface area contributed by atoms with Crippen molar-refractivity contribution in [1.82, 2.24) is 4.98 Å². The van der Waals surface area contributed by atoms with E-state index in [1.807, 2.05) is 61.5 Å². The number of carbonyl (C=O) groups is 2. The number of pyridine rings is 1. The van der Waals surface area contributed by atoms with Crippen LogP contribution in [0.15, 0.2) is 59.6 Å². The van der Waals surface area contributed by atoms with Gasteiger partial charge in [0.05, 0.1) is 30.5 Å². The lowest BCUT2D eigenvalue weighted by Gasteiger charge is -2.13. The number of anilines is 1. The number of rotatable bonds is 10. The number of benzene rings is 2. The maximum Gasteiger partial charge on any atom is 0.341 e. The van der Waals surface area contributed by atoms with Crippen molar-refractivity contribution in [3.8, 4) is 34.2 Å². The second-order valence-electron chi connectivity index (χ2n) is 10.2. The van der Waals surface area contributed by atoms with E-state index in [9.17, 15) is 14.9 Å². The number of methoxy groups -OCH3 is 1. The number of hydrogen-bond acceptors (Lipinski definition) is 8. The Morgan fingerprint density at radius 2 is 1.79 bits per heavy atom. The molecule has 9 heteroatoms. The van der Waals surface area contributed by atoms with Gasteiger partial charge in [0.1, 0.15) is 21.8 Å². The summed E-state index contributed by atoms with van der Waals surface area (Å²) in [5.74, 6) is 0.579. The van der Waals surface area contributed by atoms with E-state index >= 15 is 0 Å². The quantitative estimate of drug-likeness (QED) is 0.144. The van der Waals surface area contributed by atoms with Gasteiger partial charge in [-0.3, -0.25) is 4.79 Å². The number of amides is 1. The van der Waals surface area contributed by atoms with Crippen LogP contribution < -0.4 is 10.1 Å². The molecule has 1 aliphatic rings. The van der Waals surface area contributed by atoms with Crippen LogP contribution in [-0.2, 0) is 22.4 Å². The first kappa shape index (κ1) is 30.3. The SMILES string of the molecule is CCOC(=O)c1c(NC(=O)CCSc2nc(-c3ccc(OC)cc3)cc(-c3ccc(C)cc3)c2C#N)sc2c1CCCC2. The Morgan fingerprint density at radius 3 is 2.49 bits per heavy atom.